The van der Waals surface area contributed by atoms with Crippen LogP contribution in [-0.2, 0) is 9.53 Å². The van der Waals surface area contributed by atoms with Crippen LogP contribution < -0.4 is 10.1 Å². The highest BCUT2D eigenvalue weighted by Crippen LogP contribution is 2.33. The summed E-state index contributed by atoms with van der Waals surface area (Å²) in [5, 5.41) is 3.06. The second-order valence-electron chi connectivity index (χ2n) is 5.58. The molecule has 1 amide bonds. The van der Waals surface area contributed by atoms with E-state index in [9.17, 15) is 4.79 Å². The van der Waals surface area contributed by atoms with E-state index < -0.39 is 0 Å². The molecule has 0 bridgehead atoms. The van der Waals surface area contributed by atoms with Gasteiger partial charge in [-0.25, -0.2) is 0 Å². The Bertz CT molecular complexity index is 532. The second kappa shape index (κ2) is 7.35. The standard InChI is InChI=1S/C16H22N2O3S/c1-12-10-13(21-9-6-18-4-7-20-8-5-18)2-3-14(12)16-17-15(19)11-22-16/h2-3,10,16H,4-9,11H2,1H3,(H,17,19). The van der Waals surface area contributed by atoms with Gasteiger partial charge < -0.3 is 14.8 Å². The highest BCUT2D eigenvalue weighted by atomic mass is 32.2. The van der Waals surface area contributed by atoms with Crippen molar-refractivity contribution in [1.82, 2.24) is 10.2 Å². The Labute approximate surface area is 135 Å². The number of hydrogen-bond donors (Lipinski definition) is 1. The van der Waals surface area contributed by atoms with Gasteiger partial charge in [0.15, 0.2) is 0 Å². The maximum Gasteiger partial charge on any atom is 0.231 e. The van der Waals surface area contributed by atoms with E-state index in [4.69, 9.17) is 9.47 Å². The molecule has 0 spiro atoms. The Morgan fingerprint density at radius 2 is 2.23 bits per heavy atom. The van der Waals surface area contributed by atoms with Crippen molar-refractivity contribution in [3.05, 3.63) is 29.3 Å². The van der Waals surface area contributed by atoms with Crippen molar-refractivity contribution in [1.29, 1.82) is 0 Å². The molecule has 2 heterocycles. The fourth-order valence-corrected chi connectivity index (χ4v) is 3.77. The minimum absolute atomic E-state index is 0.0786. The van der Waals surface area contributed by atoms with E-state index in [2.05, 4.69) is 29.3 Å². The third kappa shape index (κ3) is 3.94. The number of rotatable bonds is 5. The summed E-state index contributed by atoms with van der Waals surface area (Å²) in [6, 6.07) is 6.11. The molecule has 0 aromatic heterocycles. The lowest BCUT2D eigenvalue weighted by Crippen LogP contribution is -2.38. The first kappa shape index (κ1) is 15.6. The third-order valence-electron chi connectivity index (χ3n) is 3.98. The number of carbonyl (C=O) groups excluding carboxylic acids is 1. The maximum absolute atomic E-state index is 11.3. The molecule has 2 saturated heterocycles. The largest absolute Gasteiger partial charge is 0.492 e. The molecule has 1 aromatic carbocycles. The molecule has 120 valence electrons. The lowest BCUT2D eigenvalue weighted by Gasteiger charge is -2.26. The Morgan fingerprint density at radius 1 is 1.41 bits per heavy atom. The van der Waals surface area contributed by atoms with E-state index in [-0.39, 0.29) is 11.3 Å². The number of benzene rings is 1. The molecule has 0 radical (unpaired) electrons. The Balaban J connectivity index is 1.52. The van der Waals surface area contributed by atoms with Crippen LogP contribution in [0.1, 0.15) is 16.5 Å². The fourth-order valence-electron chi connectivity index (χ4n) is 2.71. The number of ether oxygens (including phenoxy) is 2. The summed E-state index contributed by atoms with van der Waals surface area (Å²) < 4.78 is 11.2. The van der Waals surface area contributed by atoms with Crippen molar-refractivity contribution in [3.8, 4) is 5.75 Å². The zero-order valence-electron chi connectivity index (χ0n) is 12.8. The molecular weight excluding hydrogens is 300 g/mol. The zero-order chi connectivity index (χ0) is 15.4. The number of amides is 1. The lowest BCUT2D eigenvalue weighted by atomic mass is 10.1. The number of hydrogen-bond acceptors (Lipinski definition) is 5. The number of nitrogens with one attached hydrogen (secondary N) is 1. The van der Waals surface area contributed by atoms with Gasteiger partial charge in [-0.2, -0.15) is 0 Å². The number of aryl methyl sites for hydroxylation is 1. The minimum atomic E-state index is 0.0786. The van der Waals surface area contributed by atoms with Gasteiger partial charge >= 0.3 is 0 Å². The topological polar surface area (TPSA) is 50.8 Å². The molecule has 1 N–H and O–H groups in total. The first-order valence-corrected chi connectivity index (χ1v) is 8.72. The van der Waals surface area contributed by atoms with Crippen molar-refractivity contribution in [2.45, 2.75) is 12.3 Å². The van der Waals surface area contributed by atoms with Crippen molar-refractivity contribution in [2.75, 3.05) is 45.2 Å². The maximum atomic E-state index is 11.3. The SMILES string of the molecule is Cc1cc(OCCN2CCOCC2)ccc1C1NC(=O)CS1. The Morgan fingerprint density at radius 3 is 2.91 bits per heavy atom. The summed E-state index contributed by atoms with van der Waals surface area (Å²) in [5.41, 5.74) is 2.32. The van der Waals surface area contributed by atoms with Crippen LogP contribution in [0.4, 0.5) is 0 Å². The van der Waals surface area contributed by atoms with Crippen LogP contribution in [0.3, 0.4) is 0 Å². The third-order valence-corrected chi connectivity index (χ3v) is 5.11. The molecule has 2 fully saturated rings. The van der Waals surface area contributed by atoms with Crippen LogP contribution in [-0.4, -0.2) is 56.0 Å². The van der Waals surface area contributed by atoms with Gasteiger partial charge in [0.2, 0.25) is 5.91 Å². The van der Waals surface area contributed by atoms with Crippen molar-refractivity contribution >= 4 is 17.7 Å². The quantitative estimate of drug-likeness (QED) is 0.892. The second-order valence-corrected chi connectivity index (χ2v) is 6.67. The molecular formula is C16H22N2O3S. The average molecular weight is 322 g/mol. The number of thioether (sulfide) groups is 1. The molecule has 6 heteroatoms. The van der Waals surface area contributed by atoms with Crippen molar-refractivity contribution in [3.63, 3.8) is 0 Å². The van der Waals surface area contributed by atoms with Crippen LogP contribution in [0.25, 0.3) is 0 Å². The fraction of sp³-hybridized carbons (Fsp3) is 0.562. The van der Waals surface area contributed by atoms with E-state index >= 15 is 0 Å². The predicted molar refractivity (Wildman–Crippen MR) is 87.3 cm³/mol. The highest BCUT2D eigenvalue weighted by molar-refractivity contribution is 8.00. The first-order chi connectivity index (χ1) is 10.7. The molecule has 22 heavy (non-hydrogen) atoms. The lowest BCUT2D eigenvalue weighted by molar-refractivity contribution is -0.118. The van der Waals surface area contributed by atoms with Gasteiger partial charge in [0, 0.05) is 19.6 Å². The molecule has 3 rings (SSSR count). The molecule has 0 aliphatic carbocycles. The molecule has 1 aromatic rings. The minimum Gasteiger partial charge on any atom is -0.492 e. The first-order valence-electron chi connectivity index (χ1n) is 7.67. The molecule has 0 saturated carbocycles. The van der Waals surface area contributed by atoms with Crippen LogP contribution >= 0.6 is 11.8 Å². The van der Waals surface area contributed by atoms with Crippen LogP contribution in [0.15, 0.2) is 18.2 Å². The monoisotopic (exact) mass is 322 g/mol. The zero-order valence-corrected chi connectivity index (χ0v) is 13.7. The van der Waals surface area contributed by atoms with Gasteiger partial charge in [-0.15, -0.1) is 11.8 Å². The van der Waals surface area contributed by atoms with Gasteiger partial charge in [-0.3, -0.25) is 9.69 Å². The van der Waals surface area contributed by atoms with Crippen LogP contribution in [0.2, 0.25) is 0 Å². The van der Waals surface area contributed by atoms with Gasteiger partial charge in [0.05, 0.1) is 19.0 Å². The van der Waals surface area contributed by atoms with E-state index in [1.54, 1.807) is 11.8 Å². The highest BCUT2D eigenvalue weighted by Gasteiger charge is 2.24. The summed E-state index contributed by atoms with van der Waals surface area (Å²) >= 11 is 1.64. The molecule has 5 nitrogen and oxygen atoms in total. The number of nitrogens with zero attached hydrogens (tertiary/aromatic N) is 1. The van der Waals surface area contributed by atoms with Gasteiger partial charge in [0.25, 0.3) is 0 Å². The summed E-state index contributed by atoms with van der Waals surface area (Å²) in [5.74, 6) is 1.55. The van der Waals surface area contributed by atoms with E-state index in [0.717, 1.165) is 49.7 Å². The molecule has 2 aliphatic rings. The normalized spacial score (nSPS) is 22.6. The van der Waals surface area contributed by atoms with E-state index in [1.165, 1.54) is 0 Å². The number of carbonyl (C=O) groups is 1. The van der Waals surface area contributed by atoms with Gasteiger partial charge in [-0.05, 0) is 30.2 Å². The Kier molecular flexibility index (Phi) is 5.23. The van der Waals surface area contributed by atoms with Gasteiger partial charge in [0.1, 0.15) is 17.7 Å². The Hall–Kier alpha value is -1.24. The smallest absolute Gasteiger partial charge is 0.231 e. The molecule has 1 atom stereocenters. The van der Waals surface area contributed by atoms with Crippen molar-refractivity contribution < 1.29 is 14.3 Å². The molecule has 1 unspecified atom stereocenters. The number of morpholine rings is 1. The summed E-state index contributed by atoms with van der Waals surface area (Å²) in [6.45, 7) is 7.29. The van der Waals surface area contributed by atoms with E-state index in [1.807, 2.05) is 6.07 Å². The van der Waals surface area contributed by atoms with Crippen molar-refractivity contribution in [2.24, 2.45) is 0 Å². The van der Waals surface area contributed by atoms with E-state index in [0.29, 0.717) is 12.4 Å². The average Bonchev–Trinajstić information content (AvgIpc) is 2.95. The summed E-state index contributed by atoms with van der Waals surface area (Å²) in [4.78, 5) is 13.7. The summed E-state index contributed by atoms with van der Waals surface area (Å²) in [7, 11) is 0. The van der Waals surface area contributed by atoms with Crippen LogP contribution in [0.5, 0.6) is 5.75 Å². The van der Waals surface area contributed by atoms with Gasteiger partial charge in [-0.1, -0.05) is 6.07 Å². The van der Waals surface area contributed by atoms with Crippen LogP contribution in [0, 0.1) is 6.92 Å². The predicted octanol–water partition coefficient (Wildman–Crippen LogP) is 1.57. The molecule has 2 aliphatic heterocycles. The summed E-state index contributed by atoms with van der Waals surface area (Å²) in [6.07, 6.45) is 0.